The van der Waals surface area contributed by atoms with E-state index in [2.05, 4.69) is 62.1 Å². The van der Waals surface area contributed by atoms with Gasteiger partial charge >= 0.3 is 0 Å². The molecule has 3 nitrogen and oxygen atoms in total. The summed E-state index contributed by atoms with van der Waals surface area (Å²) in [6.45, 7) is 0. The van der Waals surface area contributed by atoms with Crippen LogP contribution in [-0.2, 0) is 6.42 Å². The summed E-state index contributed by atoms with van der Waals surface area (Å²) in [6, 6.07) is 8.69. The Balaban J connectivity index is 2.04. The largest absolute Gasteiger partial charge is 0.372 e. The molecule has 1 aromatic heterocycles. The Hall–Kier alpha value is -1.17. The molecule has 0 aliphatic heterocycles. The second-order valence-corrected chi connectivity index (χ2v) is 5.98. The number of hydrogen-bond acceptors (Lipinski definition) is 3. The summed E-state index contributed by atoms with van der Waals surface area (Å²) in [7, 11) is 1.91. The monoisotopic (exact) mass is 365 g/mol. The van der Waals surface area contributed by atoms with Crippen LogP contribution in [0.25, 0.3) is 0 Å². The first-order valence-electron chi connectivity index (χ1n) is 6.57. The van der Waals surface area contributed by atoms with E-state index in [1.54, 1.807) is 0 Å². The fraction of sp³-hybridized carbons (Fsp3) is 0.333. The van der Waals surface area contributed by atoms with Crippen LogP contribution in [0.15, 0.2) is 30.5 Å². The molecule has 3 rings (SSSR count). The summed E-state index contributed by atoms with van der Waals surface area (Å²) in [4.78, 5) is 9.23. The number of halogens is 1. The van der Waals surface area contributed by atoms with Crippen LogP contribution in [0.3, 0.4) is 0 Å². The molecule has 0 amide bonds. The van der Waals surface area contributed by atoms with Gasteiger partial charge in [0.05, 0.1) is 3.57 Å². The number of rotatable bonds is 2. The highest BCUT2D eigenvalue weighted by Gasteiger charge is 2.24. The van der Waals surface area contributed by atoms with Crippen molar-refractivity contribution in [2.45, 2.75) is 25.2 Å². The molecule has 1 aromatic carbocycles. The number of hydrogen-bond donors (Lipinski definition) is 1. The van der Waals surface area contributed by atoms with Crippen LogP contribution < -0.4 is 5.32 Å². The van der Waals surface area contributed by atoms with E-state index < -0.39 is 0 Å². The maximum Gasteiger partial charge on any atom is 0.142 e. The van der Waals surface area contributed by atoms with E-state index in [1.165, 1.54) is 24.0 Å². The van der Waals surface area contributed by atoms with E-state index in [1.807, 2.05) is 13.2 Å². The molecular formula is C15H16IN3. The number of aromatic nitrogens is 2. The molecule has 0 radical (unpaired) electrons. The third-order valence-corrected chi connectivity index (χ3v) is 4.47. The van der Waals surface area contributed by atoms with Gasteiger partial charge in [0.25, 0.3) is 0 Å². The van der Waals surface area contributed by atoms with Crippen LogP contribution in [0.5, 0.6) is 0 Å². The Kier molecular flexibility index (Phi) is 3.68. The zero-order valence-corrected chi connectivity index (χ0v) is 13.0. The predicted molar refractivity (Wildman–Crippen MR) is 85.5 cm³/mol. The molecule has 1 aliphatic carbocycles. The van der Waals surface area contributed by atoms with Gasteiger partial charge in [-0.25, -0.2) is 9.97 Å². The normalized spacial score (nSPS) is 17.9. The third-order valence-electron chi connectivity index (χ3n) is 3.68. The van der Waals surface area contributed by atoms with Crippen molar-refractivity contribution < 1.29 is 0 Å². The lowest BCUT2D eigenvalue weighted by Gasteiger charge is -2.24. The maximum atomic E-state index is 4.68. The molecule has 1 unspecified atom stereocenters. The first-order chi connectivity index (χ1) is 9.29. The van der Waals surface area contributed by atoms with Gasteiger partial charge in [0.2, 0.25) is 0 Å². The smallest absolute Gasteiger partial charge is 0.142 e. The highest BCUT2D eigenvalue weighted by molar-refractivity contribution is 14.1. The number of nitrogens with one attached hydrogen (secondary N) is 1. The maximum absolute atomic E-state index is 4.68. The molecule has 1 heterocycles. The average Bonchev–Trinajstić information content (AvgIpc) is 2.47. The highest BCUT2D eigenvalue weighted by Crippen LogP contribution is 2.35. The number of benzene rings is 1. The van der Waals surface area contributed by atoms with Crippen molar-refractivity contribution in [1.82, 2.24) is 9.97 Å². The Morgan fingerprint density at radius 2 is 2.16 bits per heavy atom. The van der Waals surface area contributed by atoms with Crippen molar-refractivity contribution in [3.63, 3.8) is 0 Å². The molecule has 1 atom stereocenters. The van der Waals surface area contributed by atoms with Gasteiger partial charge in [-0.15, -0.1) is 0 Å². The molecule has 0 fully saturated rings. The topological polar surface area (TPSA) is 37.8 Å². The van der Waals surface area contributed by atoms with Crippen molar-refractivity contribution >= 4 is 28.4 Å². The van der Waals surface area contributed by atoms with Gasteiger partial charge in [-0.1, -0.05) is 24.3 Å². The summed E-state index contributed by atoms with van der Waals surface area (Å²) >= 11 is 2.26. The first kappa shape index (κ1) is 12.8. The quantitative estimate of drug-likeness (QED) is 0.827. The number of aryl methyl sites for hydroxylation is 1. The van der Waals surface area contributed by atoms with Gasteiger partial charge in [0.1, 0.15) is 11.6 Å². The molecule has 0 saturated carbocycles. The van der Waals surface area contributed by atoms with Crippen molar-refractivity contribution in [3.8, 4) is 0 Å². The van der Waals surface area contributed by atoms with Crippen molar-refractivity contribution in [3.05, 3.63) is 51.0 Å². The molecule has 1 aliphatic rings. The minimum atomic E-state index is 0.342. The standard InChI is InChI=1S/C15H16IN3/c1-17-15-13(16)9-18-14(19-15)12-8-4-6-10-5-2-3-7-11(10)12/h2-3,5,7,9,12H,4,6,8H2,1H3,(H,17,18,19). The Labute approximate surface area is 127 Å². The minimum Gasteiger partial charge on any atom is -0.372 e. The van der Waals surface area contributed by atoms with Crippen LogP contribution in [0.2, 0.25) is 0 Å². The van der Waals surface area contributed by atoms with Crippen molar-refractivity contribution in [1.29, 1.82) is 0 Å². The number of anilines is 1. The molecule has 4 heteroatoms. The lowest BCUT2D eigenvalue weighted by Crippen LogP contribution is -2.14. The Bertz CT molecular complexity index is 598. The molecular weight excluding hydrogens is 349 g/mol. The lowest BCUT2D eigenvalue weighted by atomic mass is 9.82. The second-order valence-electron chi connectivity index (χ2n) is 4.82. The van der Waals surface area contributed by atoms with Crippen molar-refractivity contribution in [2.24, 2.45) is 0 Å². The van der Waals surface area contributed by atoms with Crippen LogP contribution in [0.4, 0.5) is 5.82 Å². The van der Waals surface area contributed by atoms with Gasteiger partial charge in [-0.05, 0) is 53.0 Å². The summed E-state index contributed by atoms with van der Waals surface area (Å²) < 4.78 is 1.06. The molecule has 19 heavy (non-hydrogen) atoms. The van der Waals surface area contributed by atoms with Gasteiger partial charge in [-0.2, -0.15) is 0 Å². The predicted octanol–water partition coefficient (Wildman–Crippen LogP) is 3.59. The second kappa shape index (κ2) is 5.45. The van der Waals surface area contributed by atoms with E-state index in [-0.39, 0.29) is 0 Å². The molecule has 0 spiro atoms. The minimum absolute atomic E-state index is 0.342. The van der Waals surface area contributed by atoms with E-state index in [9.17, 15) is 0 Å². The van der Waals surface area contributed by atoms with Gasteiger partial charge in [0, 0.05) is 19.2 Å². The third kappa shape index (κ3) is 2.45. The van der Waals surface area contributed by atoms with E-state index >= 15 is 0 Å². The zero-order chi connectivity index (χ0) is 13.2. The summed E-state index contributed by atoms with van der Waals surface area (Å²) in [5.74, 6) is 2.21. The van der Waals surface area contributed by atoms with Crippen LogP contribution in [0.1, 0.15) is 35.7 Å². The van der Waals surface area contributed by atoms with E-state index in [4.69, 9.17) is 0 Å². The van der Waals surface area contributed by atoms with Gasteiger partial charge in [-0.3, -0.25) is 0 Å². The van der Waals surface area contributed by atoms with Crippen LogP contribution in [0, 0.1) is 3.57 Å². The summed E-state index contributed by atoms with van der Waals surface area (Å²) in [5.41, 5.74) is 2.85. The lowest BCUT2D eigenvalue weighted by molar-refractivity contribution is 0.590. The average molecular weight is 365 g/mol. The Morgan fingerprint density at radius 3 is 3.00 bits per heavy atom. The molecule has 2 aromatic rings. The molecule has 1 N–H and O–H groups in total. The van der Waals surface area contributed by atoms with Gasteiger partial charge in [0.15, 0.2) is 0 Å². The number of fused-ring (bicyclic) bond motifs is 1. The fourth-order valence-electron chi connectivity index (χ4n) is 2.75. The molecule has 0 bridgehead atoms. The summed E-state index contributed by atoms with van der Waals surface area (Å²) in [5, 5.41) is 3.14. The van der Waals surface area contributed by atoms with Crippen molar-refractivity contribution in [2.75, 3.05) is 12.4 Å². The fourth-order valence-corrected chi connectivity index (χ4v) is 3.28. The van der Waals surface area contributed by atoms with E-state index in [0.29, 0.717) is 5.92 Å². The molecule has 98 valence electrons. The van der Waals surface area contributed by atoms with Crippen LogP contribution >= 0.6 is 22.6 Å². The molecule has 0 saturated heterocycles. The zero-order valence-electron chi connectivity index (χ0n) is 10.9. The number of nitrogens with zero attached hydrogens (tertiary/aromatic N) is 2. The summed E-state index contributed by atoms with van der Waals surface area (Å²) in [6.07, 6.45) is 5.44. The van der Waals surface area contributed by atoms with Gasteiger partial charge < -0.3 is 5.32 Å². The van der Waals surface area contributed by atoms with E-state index in [0.717, 1.165) is 21.6 Å². The first-order valence-corrected chi connectivity index (χ1v) is 7.65. The Morgan fingerprint density at radius 1 is 1.32 bits per heavy atom. The van der Waals surface area contributed by atoms with Crippen LogP contribution in [-0.4, -0.2) is 17.0 Å². The highest BCUT2D eigenvalue weighted by atomic mass is 127. The SMILES string of the molecule is CNc1nc(C2CCCc3ccccc32)ncc1I.